The van der Waals surface area contributed by atoms with Crippen LogP contribution in [-0.2, 0) is 10.0 Å². The quantitative estimate of drug-likeness (QED) is 0.905. The molecule has 0 bridgehead atoms. The average Bonchev–Trinajstić information content (AvgIpc) is 2.63. The number of rotatable bonds is 3. The molecule has 1 aromatic heterocycles. The molecule has 1 aromatic carbocycles. The first-order chi connectivity index (χ1) is 8.79. The minimum Gasteiger partial charge on any atom is -0.279 e. The maximum absolute atomic E-state index is 13.4. The Bertz CT molecular complexity index is 728. The second-order valence-corrected chi connectivity index (χ2v) is 7.69. The standard InChI is InChI=1S/C11H8Cl2FNO2S2/c1-6-2-3-7(4-8(6)14)15-19(16,17)9-5-10(12)18-11(9)13/h2-5,15H,1H3. The van der Waals surface area contributed by atoms with Gasteiger partial charge in [-0.1, -0.05) is 29.3 Å². The van der Waals surface area contributed by atoms with Crippen LogP contribution in [0.15, 0.2) is 29.2 Å². The normalized spacial score (nSPS) is 11.6. The van der Waals surface area contributed by atoms with Crippen LogP contribution in [-0.4, -0.2) is 8.42 Å². The van der Waals surface area contributed by atoms with Crippen LogP contribution in [0, 0.1) is 12.7 Å². The van der Waals surface area contributed by atoms with Crippen molar-refractivity contribution in [2.75, 3.05) is 4.72 Å². The maximum atomic E-state index is 13.4. The van der Waals surface area contributed by atoms with Gasteiger partial charge in [0.25, 0.3) is 10.0 Å². The second-order valence-electron chi connectivity index (χ2n) is 3.76. The third kappa shape index (κ3) is 3.20. The number of hydrogen-bond donors (Lipinski definition) is 1. The van der Waals surface area contributed by atoms with Gasteiger partial charge in [-0.15, -0.1) is 11.3 Å². The van der Waals surface area contributed by atoms with Crippen molar-refractivity contribution in [3.63, 3.8) is 0 Å². The van der Waals surface area contributed by atoms with Gasteiger partial charge in [-0.2, -0.15) is 0 Å². The summed E-state index contributed by atoms with van der Waals surface area (Å²) in [6.07, 6.45) is 0. The third-order valence-corrected chi connectivity index (χ3v) is 5.47. The van der Waals surface area contributed by atoms with Gasteiger partial charge in [-0.05, 0) is 30.7 Å². The number of benzene rings is 1. The first kappa shape index (κ1) is 14.6. The molecule has 0 fully saturated rings. The molecule has 19 heavy (non-hydrogen) atoms. The molecule has 0 unspecified atom stereocenters. The van der Waals surface area contributed by atoms with E-state index in [1.54, 1.807) is 6.92 Å². The Hall–Kier alpha value is -0.820. The summed E-state index contributed by atoms with van der Waals surface area (Å²) >= 11 is 12.4. The number of sulfonamides is 1. The van der Waals surface area contributed by atoms with Crippen molar-refractivity contribution in [2.45, 2.75) is 11.8 Å². The van der Waals surface area contributed by atoms with Crippen molar-refractivity contribution in [1.29, 1.82) is 0 Å². The van der Waals surface area contributed by atoms with Gasteiger partial charge in [0, 0.05) is 0 Å². The fourth-order valence-electron chi connectivity index (χ4n) is 1.37. The highest BCUT2D eigenvalue weighted by molar-refractivity contribution is 7.93. The zero-order chi connectivity index (χ0) is 14.2. The summed E-state index contributed by atoms with van der Waals surface area (Å²) in [5, 5.41) is 0. The molecule has 0 amide bonds. The van der Waals surface area contributed by atoms with E-state index in [1.165, 1.54) is 18.2 Å². The van der Waals surface area contributed by atoms with Crippen molar-refractivity contribution in [3.05, 3.63) is 44.3 Å². The Morgan fingerprint density at radius 2 is 1.95 bits per heavy atom. The van der Waals surface area contributed by atoms with Gasteiger partial charge >= 0.3 is 0 Å². The molecule has 0 aliphatic rings. The van der Waals surface area contributed by atoms with E-state index in [2.05, 4.69) is 4.72 Å². The second kappa shape index (κ2) is 5.28. The monoisotopic (exact) mass is 339 g/mol. The maximum Gasteiger partial charge on any atom is 0.264 e. The molecule has 1 N–H and O–H groups in total. The van der Waals surface area contributed by atoms with E-state index < -0.39 is 15.8 Å². The zero-order valence-corrected chi connectivity index (χ0v) is 12.7. The molecule has 8 heteroatoms. The summed E-state index contributed by atoms with van der Waals surface area (Å²) < 4.78 is 40.1. The summed E-state index contributed by atoms with van der Waals surface area (Å²) in [6, 6.07) is 5.31. The van der Waals surface area contributed by atoms with Crippen LogP contribution in [0.4, 0.5) is 10.1 Å². The summed E-state index contributed by atoms with van der Waals surface area (Å²) in [5.41, 5.74) is 0.557. The van der Waals surface area contributed by atoms with E-state index in [9.17, 15) is 12.8 Å². The van der Waals surface area contributed by atoms with Gasteiger partial charge in [-0.25, -0.2) is 12.8 Å². The van der Waals surface area contributed by atoms with Gasteiger partial charge in [0.05, 0.1) is 10.0 Å². The predicted octanol–water partition coefficient (Wildman–Crippen LogP) is 4.30. The number of anilines is 1. The molecule has 2 aromatic rings. The molecule has 0 aliphatic heterocycles. The van der Waals surface area contributed by atoms with Crippen LogP contribution in [0.25, 0.3) is 0 Å². The van der Waals surface area contributed by atoms with E-state index in [-0.39, 0.29) is 19.3 Å². The van der Waals surface area contributed by atoms with Crippen LogP contribution in [0.5, 0.6) is 0 Å². The zero-order valence-electron chi connectivity index (χ0n) is 9.58. The predicted molar refractivity (Wildman–Crippen MR) is 76.3 cm³/mol. The Labute approximate surface area is 124 Å². The largest absolute Gasteiger partial charge is 0.279 e. The first-order valence-electron chi connectivity index (χ1n) is 5.03. The van der Waals surface area contributed by atoms with Crippen molar-refractivity contribution in [2.24, 2.45) is 0 Å². The minimum atomic E-state index is -3.88. The average molecular weight is 340 g/mol. The van der Waals surface area contributed by atoms with Crippen LogP contribution in [0.2, 0.25) is 8.67 Å². The van der Waals surface area contributed by atoms with E-state index in [4.69, 9.17) is 23.2 Å². The van der Waals surface area contributed by atoms with Crippen molar-refractivity contribution in [1.82, 2.24) is 0 Å². The molecule has 0 saturated heterocycles. The van der Waals surface area contributed by atoms with E-state index in [0.29, 0.717) is 5.56 Å². The summed E-state index contributed by atoms with van der Waals surface area (Å²) in [5.74, 6) is -0.491. The molecule has 3 nitrogen and oxygen atoms in total. The highest BCUT2D eigenvalue weighted by Gasteiger charge is 2.21. The SMILES string of the molecule is Cc1ccc(NS(=O)(=O)c2cc(Cl)sc2Cl)cc1F. The molecule has 102 valence electrons. The van der Waals surface area contributed by atoms with Gasteiger partial charge in [0.15, 0.2) is 0 Å². The molecule has 0 aliphatic carbocycles. The number of aryl methyl sites for hydroxylation is 1. The number of nitrogens with one attached hydrogen (secondary N) is 1. The van der Waals surface area contributed by atoms with Gasteiger partial charge in [-0.3, -0.25) is 4.72 Å². The Morgan fingerprint density at radius 1 is 1.26 bits per heavy atom. The molecule has 0 saturated carbocycles. The van der Waals surface area contributed by atoms with Gasteiger partial charge in [0.2, 0.25) is 0 Å². The van der Waals surface area contributed by atoms with Crippen LogP contribution >= 0.6 is 34.5 Å². The Morgan fingerprint density at radius 3 is 2.47 bits per heavy atom. The van der Waals surface area contributed by atoms with E-state index in [0.717, 1.165) is 17.4 Å². The van der Waals surface area contributed by atoms with Crippen LogP contribution in [0.1, 0.15) is 5.56 Å². The van der Waals surface area contributed by atoms with Crippen LogP contribution < -0.4 is 4.72 Å². The van der Waals surface area contributed by atoms with Gasteiger partial charge in [0.1, 0.15) is 15.0 Å². The summed E-state index contributed by atoms with van der Waals surface area (Å²) in [7, 11) is -3.88. The minimum absolute atomic E-state index is 0.0603. The third-order valence-electron chi connectivity index (χ3n) is 2.34. The highest BCUT2D eigenvalue weighted by atomic mass is 35.5. The molecule has 0 atom stereocenters. The fraction of sp³-hybridized carbons (Fsp3) is 0.0909. The summed E-state index contributed by atoms with van der Waals surface area (Å²) in [4.78, 5) is -0.120. The Balaban J connectivity index is 2.36. The smallest absolute Gasteiger partial charge is 0.264 e. The Kier molecular flexibility index (Phi) is 4.06. The molecule has 2 rings (SSSR count). The first-order valence-corrected chi connectivity index (χ1v) is 8.09. The molecular formula is C11H8Cl2FNO2S2. The van der Waals surface area contributed by atoms with E-state index in [1.807, 2.05) is 0 Å². The number of halogens is 3. The summed E-state index contributed by atoms with van der Waals surface area (Å²) in [6.45, 7) is 1.59. The van der Waals surface area contributed by atoms with Crippen molar-refractivity contribution >= 4 is 50.2 Å². The van der Waals surface area contributed by atoms with Crippen molar-refractivity contribution < 1.29 is 12.8 Å². The highest BCUT2D eigenvalue weighted by Crippen LogP contribution is 2.35. The van der Waals surface area contributed by atoms with Crippen LogP contribution in [0.3, 0.4) is 0 Å². The lowest BCUT2D eigenvalue weighted by Crippen LogP contribution is -2.12. The number of thiophene rings is 1. The van der Waals surface area contributed by atoms with Crippen molar-refractivity contribution in [3.8, 4) is 0 Å². The topological polar surface area (TPSA) is 46.2 Å². The fourth-order valence-corrected chi connectivity index (χ4v) is 4.57. The number of hydrogen-bond acceptors (Lipinski definition) is 3. The lowest BCUT2D eigenvalue weighted by atomic mass is 10.2. The molecule has 0 spiro atoms. The van der Waals surface area contributed by atoms with E-state index >= 15 is 0 Å². The molecule has 1 heterocycles. The van der Waals surface area contributed by atoms with Gasteiger partial charge < -0.3 is 0 Å². The molecular weight excluding hydrogens is 332 g/mol. The molecule has 0 radical (unpaired) electrons. The lowest BCUT2D eigenvalue weighted by Gasteiger charge is -2.07. The lowest BCUT2D eigenvalue weighted by molar-refractivity contribution is 0.601.